The Balaban J connectivity index is 0.00000180. The Morgan fingerprint density at radius 1 is 1.50 bits per heavy atom. The van der Waals surface area contributed by atoms with Crippen molar-refractivity contribution in [1.82, 2.24) is 5.32 Å². The van der Waals surface area contributed by atoms with Crippen LogP contribution in [0.3, 0.4) is 0 Å². The summed E-state index contributed by atoms with van der Waals surface area (Å²) in [6, 6.07) is 2.43. The number of nitrogens with one attached hydrogen (secondary N) is 1. The molecule has 0 bridgehead atoms. The predicted octanol–water partition coefficient (Wildman–Crippen LogP) is 2.78. The summed E-state index contributed by atoms with van der Waals surface area (Å²) in [5, 5.41) is 2.33. The minimum Gasteiger partial charge on any atom is -0.491 e. The Morgan fingerprint density at radius 2 is 2.25 bits per heavy atom. The van der Waals surface area contributed by atoms with E-state index in [0.717, 1.165) is 12.1 Å². The molecule has 0 saturated carbocycles. The summed E-state index contributed by atoms with van der Waals surface area (Å²) in [5.74, 6) is 0.0755. The van der Waals surface area contributed by atoms with E-state index in [-0.39, 0.29) is 24.8 Å². The van der Waals surface area contributed by atoms with Gasteiger partial charge in [-0.25, -0.2) is 0 Å². The second-order valence-electron chi connectivity index (χ2n) is 3.26. The topological polar surface area (TPSA) is 21.3 Å². The number of hydrogen-bond donors (Lipinski definition) is 1. The zero-order valence-electron chi connectivity index (χ0n) is 11.0. The van der Waals surface area contributed by atoms with Crippen LogP contribution in [0.1, 0.15) is 21.3 Å². The third-order valence-electron chi connectivity index (χ3n) is 2.30. The minimum absolute atomic E-state index is 0. The summed E-state index contributed by atoms with van der Waals surface area (Å²) in [7, 11) is 0. The fourth-order valence-electron chi connectivity index (χ4n) is 1.51. The fourth-order valence-corrected chi connectivity index (χ4v) is 1.51. The highest BCUT2D eigenvalue weighted by Crippen LogP contribution is 2.37. The number of halogens is 4. The van der Waals surface area contributed by atoms with Crippen LogP contribution < -0.4 is 10.1 Å². The molecule has 2 rings (SSSR count). The SMILES string of the molecule is Cl.[2H]C([2H])([2H])NC1COc2cc(C(F)(F)F)ccc21. The van der Waals surface area contributed by atoms with Gasteiger partial charge in [-0.3, -0.25) is 0 Å². The largest absolute Gasteiger partial charge is 0.491 e. The van der Waals surface area contributed by atoms with Crippen LogP contribution in [0, 0.1) is 0 Å². The molecule has 1 N–H and O–H groups in total. The molecule has 0 spiro atoms. The monoisotopic (exact) mass is 256 g/mol. The van der Waals surface area contributed by atoms with Gasteiger partial charge < -0.3 is 10.1 Å². The minimum atomic E-state index is -4.44. The highest BCUT2D eigenvalue weighted by atomic mass is 35.5. The second kappa shape index (κ2) is 4.51. The molecule has 0 amide bonds. The number of ether oxygens (including phenoxy) is 1. The van der Waals surface area contributed by atoms with E-state index in [1.54, 1.807) is 0 Å². The number of likely N-dealkylation sites (N-methyl/N-ethyl adjacent to an activating group) is 1. The van der Waals surface area contributed by atoms with Gasteiger partial charge in [0.05, 0.1) is 11.6 Å². The number of benzene rings is 1. The van der Waals surface area contributed by atoms with Gasteiger partial charge in [-0.1, -0.05) is 6.07 Å². The molecule has 2 nitrogen and oxygen atoms in total. The van der Waals surface area contributed by atoms with Crippen molar-refractivity contribution in [3.8, 4) is 5.75 Å². The molecule has 90 valence electrons. The third-order valence-corrected chi connectivity index (χ3v) is 2.30. The van der Waals surface area contributed by atoms with Crippen LogP contribution in [-0.4, -0.2) is 13.6 Å². The lowest BCUT2D eigenvalue weighted by Gasteiger charge is -2.09. The maximum Gasteiger partial charge on any atom is 0.416 e. The van der Waals surface area contributed by atoms with Gasteiger partial charge in [0.2, 0.25) is 0 Å². The van der Waals surface area contributed by atoms with Gasteiger partial charge in [0.1, 0.15) is 12.4 Å². The zero-order valence-corrected chi connectivity index (χ0v) is 8.78. The van der Waals surface area contributed by atoms with E-state index in [4.69, 9.17) is 8.85 Å². The second-order valence-corrected chi connectivity index (χ2v) is 3.26. The average Bonchev–Trinajstić information content (AvgIpc) is 2.57. The molecular formula is C10H11ClF3NO. The third kappa shape index (κ3) is 2.25. The zero-order chi connectivity index (χ0) is 13.6. The smallest absolute Gasteiger partial charge is 0.416 e. The molecule has 0 saturated heterocycles. The predicted molar refractivity (Wildman–Crippen MR) is 56.0 cm³/mol. The molecule has 1 aromatic rings. The molecule has 1 heterocycles. The number of hydrogen-bond acceptors (Lipinski definition) is 2. The Bertz CT molecular complexity index is 464. The van der Waals surface area contributed by atoms with E-state index in [1.165, 1.54) is 6.07 Å². The Hall–Kier alpha value is -0.940. The molecule has 0 radical (unpaired) electrons. The number of alkyl halides is 3. The normalized spacial score (nSPS) is 22.2. The summed E-state index contributed by atoms with van der Waals surface area (Å²) in [4.78, 5) is 0. The first-order chi connectivity index (χ1) is 8.17. The van der Waals surface area contributed by atoms with Crippen molar-refractivity contribution in [3.63, 3.8) is 0 Å². The molecule has 0 aromatic heterocycles. The van der Waals surface area contributed by atoms with Crippen LogP contribution in [-0.2, 0) is 6.18 Å². The van der Waals surface area contributed by atoms with Crippen molar-refractivity contribution in [3.05, 3.63) is 29.3 Å². The molecule has 0 aliphatic carbocycles. The summed E-state index contributed by atoms with van der Waals surface area (Å²) >= 11 is 0. The molecule has 6 heteroatoms. The van der Waals surface area contributed by atoms with Gasteiger partial charge in [0.25, 0.3) is 0 Å². The lowest BCUT2D eigenvalue weighted by Crippen LogP contribution is -2.17. The molecule has 0 fully saturated rings. The van der Waals surface area contributed by atoms with Gasteiger partial charge in [-0.15, -0.1) is 12.4 Å². The molecule has 1 unspecified atom stereocenters. The van der Waals surface area contributed by atoms with Crippen molar-refractivity contribution in [2.45, 2.75) is 12.2 Å². The van der Waals surface area contributed by atoms with Crippen LogP contribution in [0.2, 0.25) is 0 Å². The highest BCUT2D eigenvalue weighted by molar-refractivity contribution is 5.85. The summed E-state index contributed by atoms with van der Waals surface area (Å²) < 4.78 is 63.7. The van der Waals surface area contributed by atoms with Crippen LogP contribution >= 0.6 is 12.4 Å². The fraction of sp³-hybridized carbons (Fsp3) is 0.400. The van der Waals surface area contributed by atoms with Gasteiger partial charge >= 0.3 is 6.18 Å². The van der Waals surface area contributed by atoms with Crippen LogP contribution in [0.4, 0.5) is 13.2 Å². The van der Waals surface area contributed by atoms with Crippen molar-refractivity contribution in [1.29, 1.82) is 0 Å². The van der Waals surface area contributed by atoms with Crippen molar-refractivity contribution < 1.29 is 22.0 Å². The highest BCUT2D eigenvalue weighted by Gasteiger charge is 2.33. The van der Waals surface area contributed by atoms with Crippen LogP contribution in [0.15, 0.2) is 18.2 Å². The lowest BCUT2D eigenvalue weighted by atomic mass is 10.1. The van der Waals surface area contributed by atoms with Crippen LogP contribution in [0.5, 0.6) is 5.75 Å². The molecule has 16 heavy (non-hydrogen) atoms. The quantitative estimate of drug-likeness (QED) is 0.834. The van der Waals surface area contributed by atoms with E-state index in [2.05, 4.69) is 5.32 Å². The first-order valence-corrected chi connectivity index (χ1v) is 4.28. The first-order valence-electron chi connectivity index (χ1n) is 5.78. The van der Waals surface area contributed by atoms with Crippen molar-refractivity contribution >= 4 is 12.4 Å². The summed E-state index contributed by atoms with van der Waals surface area (Å²) in [6.07, 6.45) is -4.44. The maximum atomic E-state index is 12.5. The average molecular weight is 257 g/mol. The van der Waals surface area contributed by atoms with Crippen LogP contribution in [0.25, 0.3) is 0 Å². The van der Waals surface area contributed by atoms with Crippen molar-refractivity contribution in [2.24, 2.45) is 0 Å². The van der Waals surface area contributed by atoms with Crippen molar-refractivity contribution in [2.75, 3.05) is 13.6 Å². The molecule has 1 aliphatic rings. The van der Waals surface area contributed by atoms with E-state index in [0.29, 0.717) is 5.56 Å². The molecule has 1 aromatic carbocycles. The van der Waals surface area contributed by atoms with E-state index >= 15 is 0 Å². The van der Waals surface area contributed by atoms with E-state index in [9.17, 15) is 13.2 Å². The van der Waals surface area contributed by atoms with Gasteiger partial charge in [-0.2, -0.15) is 13.2 Å². The number of fused-ring (bicyclic) bond motifs is 1. The lowest BCUT2D eigenvalue weighted by molar-refractivity contribution is -0.137. The number of rotatable bonds is 1. The Labute approximate surface area is 101 Å². The summed E-state index contributed by atoms with van der Waals surface area (Å²) in [6.45, 7) is -2.35. The van der Waals surface area contributed by atoms with Gasteiger partial charge in [0.15, 0.2) is 0 Å². The van der Waals surface area contributed by atoms with E-state index < -0.39 is 24.8 Å². The molecular weight excluding hydrogens is 243 g/mol. The standard InChI is InChI=1S/C10H10F3NO.ClH/c1-14-8-5-15-9-4-6(10(11,12)13)2-3-7(8)9;/h2-4,8,14H,5H2,1H3;1H/i1D3;. The maximum absolute atomic E-state index is 12.5. The molecule has 1 atom stereocenters. The molecule has 1 aliphatic heterocycles. The Kier molecular flexibility index (Phi) is 2.57. The van der Waals surface area contributed by atoms with Gasteiger partial charge in [0, 0.05) is 9.68 Å². The summed E-state index contributed by atoms with van der Waals surface area (Å²) in [5.41, 5.74) is -0.380. The Morgan fingerprint density at radius 3 is 2.88 bits per heavy atom. The first kappa shape index (κ1) is 9.13. The van der Waals surface area contributed by atoms with Gasteiger partial charge in [-0.05, 0) is 19.1 Å². The van der Waals surface area contributed by atoms with E-state index in [1.807, 2.05) is 0 Å².